The molecule has 0 fully saturated rings. The number of aryl methyl sites for hydroxylation is 1. The van der Waals surface area contributed by atoms with Crippen molar-refractivity contribution in [1.82, 2.24) is 0 Å². The fourth-order valence-corrected chi connectivity index (χ4v) is 2.42. The summed E-state index contributed by atoms with van der Waals surface area (Å²) in [5.74, 6) is 0.202. The molecule has 0 aromatic heterocycles. The summed E-state index contributed by atoms with van der Waals surface area (Å²) in [7, 11) is 0. The number of hydrogen-bond donors (Lipinski definition) is 2. The summed E-state index contributed by atoms with van der Waals surface area (Å²) < 4.78 is 0.884. The Bertz CT molecular complexity index is 323. The molecule has 5 heteroatoms. The number of halogens is 3. The Labute approximate surface area is 108 Å². The summed E-state index contributed by atoms with van der Waals surface area (Å²) in [4.78, 5) is 0. The maximum Gasteiger partial charge on any atom is 0.0847 e. The Morgan fingerprint density at radius 1 is 1.53 bits per heavy atom. The Kier molecular flexibility index (Phi) is 5.19. The highest BCUT2D eigenvalue weighted by molar-refractivity contribution is 9.10. The maximum absolute atomic E-state index is 9.30. The van der Waals surface area contributed by atoms with E-state index in [0.717, 1.165) is 15.7 Å². The van der Waals surface area contributed by atoms with Crippen LogP contribution in [0.3, 0.4) is 0 Å². The summed E-state index contributed by atoms with van der Waals surface area (Å²) in [6.07, 6.45) is -0.573. The summed E-state index contributed by atoms with van der Waals surface area (Å²) in [6, 6.07) is 3.82. The second-order valence-electron chi connectivity index (χ2n) is 3.29. The largest absolute Gasteiger partial charge is 0.390 e. The van der Waals surface area contributed by atoms with Crippen molar-refractivity contribution in [3.63, 3.8) is 0 Å². The van der Waals surface area contributed by atoms with Gasteiger partial charge in [-0.05, 0) is 40.5 Å². The normalized spacial score (nSPS) is 12.6. The van der Waals surface area contributed by atoms with Crippen molar-refractivity contribution < 1.29 is 5.11 Å². The number of anilines is 1. The standard InChI is InChI=1S/C10H12BrCl2NO/c1-6-2-8(11)10(9(13)3-6)14-5-7(15)4-12/h2-3,7,14-15H,4-5H2,1H3. The molecular formula is C10H12BrCl2NO. The van der Waals surface area contributed by atoms with E-state index in [0.29, 0.717) is 11.6 Å². The average molecular weight is 313 g/mol. The zero-order valence-electron chi connectivity index (χ0n) is 8.23. The van der Waals surface area contributed by atoms with E-state index in [2.05, 4.69) is 21.2 Å². The van der Waals surface area contributed by atoms with Gasteiger partial charge in [-0.25, -0.2) is 0 Å². The number of hydrogen-bond acceptors (Lipinski definition) is 2. The highest BCUT2D eigenvalue weighted by Gasteiger charge is 2.08. The number of rotatable bonds is 4. The molecule has 0 saturated heterocycles. The second kappa shape index (κ2) is 5.94. The first kappa shape index (κ1) is 13.1. The lowest BCUT2D eigenvalue weighted by Gasteiger charge is -2.13. The van der Waals surface area contributed by atoms with E-state index in [1.807, 2.05) is 19.1 Å². The van der Waals surface area contributed by atoms with Crippen LogP contribution in [0, 0.1) is 6.92 Å². The molecule has 0 spiro atoms. The van der Waals surface area contributed by atoms with Crippen LogP contribution in [0.5, 0.6) is 0 Å². The van der Waals surface area contributed by atoms with Gasteiger partial charge < -0.3 is 10.4 Å². The highest BCUT2D eigenvalue weighted by Crippen LogP contribution is 2.31. The Morgan fingerprint density at radius 3 is 2.73 bits per heavy atom. The molecule has 0 amide bonds. The third-order valence-electron chi connectivity index (χ3n) is 1.88. The molecule has 1 unspecified atom stereocenters. The predicted octanol–water partition coefficient (Wildman–Crippen LogP) is 3.42. The third-order valence-corrected chi connectivity index (χ3v) is 3.16. The van der Waals surface area contributed by atoms with Crippen LogP contribution in [-0.4, -0.2) is 23.6 Å². The van der Waals surface area contributed by atoms with Crippen LogP contribution in [0.4, 0.5) is 5.69 Å². The number of aliphatic hydroxyl groups excluding tert-OH is 1. The van der Waals surface area contributed by atoms with Gasteiger partial charge in [-0.1, -0.05) is 11.6 Å². The van der Waals surface area contributed by atoms with Gasteiger partial charge in [0.2, 0.25) is 0 Å². The molecular weight excluding hydrogens is 301 g/mol. The van der Waals surface area contributed by atoms with E-state index in [4.69, 9.17) is 23.2 Å². The van der Waals surface area contributed by atoms with Gasteiger partial charge in [-0.3, -0.25) is 0 Å². The molecule has 0 aliphatic heterocycles. The van der Waals surface area contributed by atoms with Crippen LogP contribution < -0.4 is 5.32 Å². The van der Waals surface area contributed by atoms with Crippen LogP contribution in [0.2, 0.25) is 5.02 Å². The lowest BCUT2D eigenvalue weighted by molar-refractivity contribution is 0.211. The molecule has 2 N–H and O–H groups in total. The molecule has 0 saturated carbocycles. The number of aliphatic hydroxyl groups is 1. The van der Waals surface area contributed by atoms with Crippen molar-refractivity contribution in [3.8, 4) is 0 Å². The van der Waals surface area contributed by atoms with Crippen molar-refractivity contribution in [2.24, 2.45) is 0 Å². The van der Waals surface area contributed by atoms with Gasteiger partial charge >= 0.3 is 0 Å². The summed E-state index contributed by atoms with van der Waals surface area (Å²) in [5, 5.41) is 13.0. The fourth-order valence-electron chi connectivity index (χ4n) is 1.14. The van der Waals surface area contributed by atoms with Crippen molar-refractivity contribution in [1.29, 1.82) is 0 Å². The minimum atomic E-state index is -0.573. The number of alkyl halides is 1. The lowest BCUT2D eigenvalue weighted by Crippen LogP contribution is -2.21. The minimum Gasteiger partial charge on any atom is -0.390 e. The third kappa shape index (κ3) is 3.83. The predicted molar refractivity (Wildman–Crippen MR) is 69.1 cm³/mol. The first-order valence-corrected chi connectivity index (χ1v) is 6.18. The Morgan fingerprint density at radius 2 is 2.20 bits per heavy atom. The van der Waals surface area contributed by atoms with Crippen molar-refractivity contribution in [2.75, 3.05) is 17.7 Å². The minimum absolute atomic E-state index is 0.202. The van der Waals surface area contributed by atoms with Crippen LogP contribution in [0.1, 0.15) is 5.56 Å². The zero-order valence-corrected chi connectivity index (χ0v) is 11.3. The first-order chi connectivity index (χ1) is 7.04. The van der Waals surface area contributed by atoms with Crippen molar-refractivity contribution in [3.05, 3.63) is 27.2 Å². The van der Waals surface area contributed by atoms with Crippen LogP contribution in [-0.2, 0) is 0 Å². The van der Waals surface area contributed by atoms with Crippen molar-refractivity contribution >= 4 is 44.8 Å². The molecule has 0 heterocycles. The molecule has 0 aliphatic carbocycles. The summed E-state index contributed by atoms with van der Waals surface area (Å²) >= 11 is 15.0. The van der Waals surface area contributed by atoms with Gasteiger partial charge in [0.25, 0.3) is 0 Å². The SMILES string of the molecule is Cc1cc(Cl)c(NCC(O)CCl)c(Br)c1. The Balaban J connectivity index is 2.77. The van der Waals surface area contributed by atoms with E-state index >= 15 is 0 Å². The molecule has 0 radical (unpaired) electrons. The Hall–Kier alpha value is 0.0400. The van der Waals surface area contributed by atoms with Crippen LogP contribution in [0.15, 0.2) is 16.6 Å². The molecule has 1 aromatic carbocycles. The molecule has 0 aliphatic rings. The van der Waals surface area contributed by atoms with Crippen LogP contribution in [0.25, 0.3) is 0 Å². The molecule has 1 aromatic rings. The molecule has 15 heavy (non-hydrogen) atoms. The van der Waals surface area contributed by atoms with Gasteiger partial charge in [0.05, 0.1) is 22.7 Å². The number of benzene rings is 1. The van der Waals surface area contributed by atoms with Gasteiger partial charge in [-0.15, -0.1) is 11.6 Å². The maximum atomic E-state index is 9.30. The van der Waals surface area contributed by atoms with Gasteiger partial charge in [0.1, 0.15) is 0 Å². The molecule has 0 bridgehead atoms. The summed E-state index contributed by atoms with van der Waals surface area (Å²) in [6.45, 7) is 2.35. The quantitative estimate of drug-likeness (QED) is 0.835. The highest BCUT2D eigenvalue weighted by atomic mass is 79.9. The first-order valence-electron chi connectivity index (χ1n) is 4.48. The second-order valence-corrected chi connectivity index (χ2v) is 4.86. The van der Waals surface area contributed by atoms with E-state index in [1.54, 1.807) is 0 Å². The number of nitrogens with one attached hydrogen (secondary N) is 1. The van der Waals surface area contributed by atoms with Gasteiger partial charge in [-0.2, -0.15) is 0 Å². The van der Waals surface area contributed by atoms with Gasteiger partial charge in [0.15, 0.2) is 0 Å². The fraction of sp³-hybridized carbons (Fsp3) is 0.400. The monoisotopic (exact) mass is 311 g/mol. The van der Waals surface area contributed by atoms with Gasteiger partial charge in [0, 0.05) is 11.0 Å². The van der Waals surface area contributed by atoms with E-state index < -0.39 is 6.10 Å². The average Bonchev–Trinajstić information content (AvgIpc) is 2.15. The summed E-state index contributed by atoms with van der Waals surface area (Å²) in [5.41, 5.74) is 1.86. The zero-order chi connectivity index (χ0) is 11.4. The molecule has 1 atom stereocenters. The lowest BCUT2D eigenvalue weighted by atomic mass is 10.2. The van der Waals surface area contributed by atoms with E-state index in [1.165, 1.54) is 0 Å². The molecule has 2 nitrogen and oxygen atoms in total. The smallest absolute Gasteiger partial charge is 0.0847 e. The van der Waals surface area contributed by atoms with Crippen LogP contribution >= 0.6 is 39.1 Å². The topological polar surface area (TPSA) is 32.3 Å². The van der Waals surface area contributed by atoms with Crippen molar-refractivity contribution in [2.45, 2.75) is 13.0 Å². The molecule has 84 valence electrons. The van der Waals surface area contributed by atoms with E-state index in [9.17, 15) is 5.11 Å². The van der Waals surface area contributed by atoms with E-state index in [-0.39, 0.29) is 5.88 Å². The molecule has 1 rings (SSSR count).